The fourth-order valence-corrected chi connectivity index (χ4v) is 1.44. The average molecular weight is 266 g/mol. The third-order valence-corrected chi connectivity index (χ3v) is 2.53. The summed E-state index contributed by atoms with van der Waals surface area (Å²) < 4.78 is 10.9. The first-order valence-electron chi connectivity index (χ1n) is 6.21. The summed E-state index contributed by atoms with van der Waals surface area (Å²) in [7, 11) is 1.59. The molecule has 0 aromatic heterocycles. The minimum atomic E-state index is -0.885. The van der Waals surface area contributed by atoms with E-state index >= 15 is 0 Å². The maximum atomic E-state index is 11.6. The van der Waals surface area contributed by atoms with Crippen LogP contribution in [0, 0.1) is 0 Å². The van der Waals surface area contributed by atoms with Crippen LogP contribution in [-0.4, -0.2) is 31.2 Å². The molecule has 5 heteroatoms. The van der Waals surface area contributed by atoms with Gasteiger partial charge in [0.15, 0.2) is 11.5 Å². The molecule has 0 saturated carbocycles. The van der Waals surface area contributed by atoms with E-state index in [0.717, 1.165) is 0 Å². The largest absolute Gasteiger partial charge is 0.493 e. The Labute approximate surface area is 114 Å². The van der Waals surface area contributed by atoms with Crippen LogP contribution in [0.3, 0.4) is 0 Å². The molecule has 19 heavy (non-hydrogen) atoms. The van der Waals surface area contributed by atoms with E-state index in [-0.39, 0.29) is 12.0 Å². The Hall–Kier alpha value is -1.75. The van der Waals surface area contributed by atoms with Gasteiger partial charge in [0.1, 0.15) is 6.10 Å². The van der Waals surface area contributed by atoms with Crippen molar-refractivity contribution in [3.63, 3.8) is 0 Å². The Bertz CT molecular complexity index is 427. The highest BCUT2D eigenvalue weighted by molar-refractivity contribution is 5.85. The van der Waals surface area contributed by atoms with Crippen LogP contribution in [0.4, 0.5) is 0 Å². The molecule has 0 radical (unpaired) electrons. The maximum absolute atomic E-state index is 11.6. The fraction of sp³-hybridized carbons (Fsp3) is 0.500. The molecule has 0 saturated heterocycles. The lowest BCUT2D eigenvalue weighted by atomic mass is 10.1. The highest BCUT2D eigenvalue weighted by Gasteiger charge is 2.22. The van der Waals surface area contributed by atoms with Gasteiger partial charge in [0.25, 0.3) is 0 Å². The Kier molecular flexibility index (Phi) is 5.18. The number of nitrogens with one attached hydrogen (secondary N) is 1. The van der Waals surface area contributed by atoms with Crippen molar-refractivity contribution in [3.05, 3.63) is 24.3 Å². The summed E-state index contributed by atoms with van der Waals surface area (Å²) in [6, 6.07) is 7.38. The Morgan fingerprint density at radius 3 is 2.47 bits per heavy atom. The Balaban J connectivity index is 2.52. The number of rotatable bonds is 6. The van der Waals surface area contributed by atoms with E-state index in [2.05, 4.69) is 5.32 Å². The van der Waals surface area contributed by atoms with Crippen molar-refractivity contribution in [2.75, 3.05) is 13.7 Å². The lowest BCUT2D eigenvalue weighted by Gasteiger charge is -2.21. The predicted octanol–water partition coefficient (Wildman–Crippen LogP) is 1.32. The minimum absolute atomic E-state index is 0.178. The summed E-state index contributed by atoms with van der Waals surface area (Å²) in [5.41, 5.74) is 4.81. The van der Waals surface area contributed by atoms with Gasteiger partial charge in [-0.1, -0.05) is 12.1 Å². The molecule has 0 spiro atoms. The number of nitrogens with two attached hydrogens (primary N) is 1. The smallest absolute Gasteiger partial charge is 0.239 e. The van der Waals surface area contributed by atoms with Crippen LogP contribution >= 0.6 is 0 Å². The first kappa shape index (κ1) is 15.3. The van der Waals surface area contributed by atoms with Crippen LogP contribution in [0.25, 0.3) is 0 Å². The molecule has 5 nitrogen and oxygen atoms in total. The van der Waals surface area contributed by atoms with E-state index in [1.54, 1.807) is 21.0 Å². The van der Waals surface area contributed by atoms with Crippen molar-refractivity contribution in [1.29, 1.82) is 0 Å². The summed E-state index contributed by atoms with van der Waals surface area (Å²) in [6.45, 7) is 5.58. The molecule has 0 bridgehead atoms. The predicted molar refractivity (Wildman–Crippen MR) is 74.4 cm³/mol. The SMILES string of the molecule is COc1ccccc1OC(C)CNC(=O)C(C)(C)N. The van der Waals surface area contributed by atoms with Gasteiger partial charge in [-0.25, -0.2) is 0 Å². The number of benzene rings is 1. The molecule has 0 aliphatic rings. The lowest BCUT2D eigenvalue weighted by molar-refractivity contribution is -0.125. The highest BCUT2D eigenvalue weighted by atomic mass is 16.5. The summed E-state index contributed by atoms with van der Waals surface area (Å²) in [5.74, 6) is 1.11. The maximum Gasteiger partial charge on any atom is 0.239 e. The molecular formula is C14H22N2O3. The zero-order valence-electron chi connectivity index (χ0n) is 11.9. The van der Waals surface area contributed by atoms with Gasteiger partial charge in [-0.3, -0.25) is 4.79 Å². The van der Waals surface area contributed by atoms with E-state index in [1.165, 1.54) is 0 Å². The van der Waals surface area contributed by atoms with E-state index in [4.69, 9.17) is 15.2 Å². The lowest BCUT2D eigenvalue weighted by Crippen LogP contribution is -2.50. The van der Waals surface area contributed by atoms with Gasteiger partial charge in [-0.2, -0.15) is 0 Å². The van der Waals surface area contributed by atoms with Crippen LogP contribution in [0.15, 0.2) is 24.3 Å². The fourth-order valence-electron chi connectivity index (χ4n) is 1.44. The number of carbonyl (C=O) groups is 1. The Morgan fingerprint density at radius 2 is 1.95 bits per heavy atom. The van der Waals surface area contributed by atoms with Crippen molar-refractivity contribution in [3.8, 4) is 11.5 Å². The van der Waals surface area contributed by atoms with Crippen LogP contribution in [0.1, 0.15) is 20.8 Å². The quantitative estimate of drug-likeness (QED) is 0.814. The second kappa shape index (κ2) is 6.43. The van der Waals surface area contributed by atoms with Crippen molar-refractivity contribution >= 4 is 5.91 Å². The Morgan fingerprint density at radius 1 is 1.37 bits per heavy atom. The number of carbonyl (C=O) groups excluding carboxylic acids is 1. The monoisotopic (exact) mass is 266 g/mol. The normalized spacial score (nSPS) is 12.7. The van der Waals surface area contributed by atoms with Crippen LogP contribution in [0.5, 0.6) is 11.5 Å². The van der Waals surface area contributed by atoms with Crippen molar-refractivity contribution in [1.82, 2.24) is 5.32 Å². The standard InChI is InChI=1S/C14H22N2O3/c1-10(9-16-13(17)14(2,3)15)19-12-8-6-5-7-11(12)18-4/h5-8,10H,9,15H2,1-4H3,(H,16,17). The van der Waals surface area contributed by atoms with Gasteiger partial charge in [-0.05, 0) is 32.9 Å². The van der Waals surface area contributed by atoms with Gasteiger partial charge in [0.2, 0.25) is 5.91 Å². The third-order valence-electron chi connectivity index (χ3n) is 2.53. The number of ether oxygens (including phenoxy) is 2. The van der Waals surface area contributed by atoms with Gasteiger partial charge >= 0.3 is 0 Å². The topological polar surface area (TPSA) is 73.6 Å². The zero-order chi connectivity index (χ0) is 14.5. The number of para-hydroxylation sites is 2. The summed E-state index contributed by atoms with van der Waals surface area (Å²) in [5, 5.41) is 2.75. The summed E-state index contributed by atoms with van der Waals surface area (Å²) in [6.07, 6.45) is -0.178. The van der Waals surface area contributed by atoms with Crippen LogP contribution in [-0.2, 0) is 4.79 Å². The molecule has 3 N–H and O–H groups in total. The average Bonchev–Trinajstić information content (AvgIpc) is 2.35. The number of hydrogen-bond acceptors (Lipinski definition) is 4. The van der Waals surface area contributed by atoms with E-state index in [1.807, 2.05) is 31.2 Å². The molecule has 0 fully saturated rings. The number of methoxy groups -OCH3 is 1. The second-order valence-electron chi connectivity index (χ2n) is 5.01. The first-order valence-corrected chi connectivity index (χ1v) is 6.21. The molecule has 0 aliphatic heterocycles. The molecular weight excluding hydrogens is 244 g/mol. The molecule has 1 amide bonds. The van der Waals surface area contributed by atoms with E-state index < -0.39 is 5.54 Å². The number of amides is 1. The molecule has 1 aromatic rings. The van der Waals surface area contributed by atoms with Gasteiger partial charge in [0.05, 0.1) is 19.2 Å². The molecule has 0 aliphatic carbocycles. The first-order chi connectivity index (χ1) is 8.84. The van der Waals surface area contributed by atoms with Gasteiger partial charge in [-0.15, -0.1) is 0 Å². The van der Waals surface area contributed by atoms with Crippen LogP contribution in [0.2, 0.25) is 0 Å². The molecule has 106 valence electrons. The van der Waals surface area contributed by atoms with E-state index in [9.17, 15) is 4.79 Å². The number of hydrogen-bond donors (Lipinski definition) is 2. The highest BCUT2D eigenvalue weighted by Crippen LogP contribution is 2.26. The van der Waals surface area contributed by atoms with Crippen molar-refractivity contribution in [2.45, 2.75) is 32.4 Å². The summed E-state index contributed by atoms with van der Waals surface area (Å²) in [4.78, 5) is 11.6. The molecule has 1 unspecified atom stereocenters. The van der Waals surface area contributed by atoms with Gasteiger partial charge < -0.3 is 20.5 Å². The van der Waals surface area contributed by atoms with Crippen molar-refractivity contribution < 1.29 is 14.3 Å². The van der Waals surface area contributed by atoms with Crippen LogP contribution < -0.4 is 20.5 Å². The molecule has 1 aromatic carbocycles. The minimum Gasteiger partial charge on any atom is -0.493 e. The third kappa shape index (κ3) is 4.79. The molecule has 1 atom stereocenters. The van der Waals surface area contributed by atoms with Gasteiger partial charge in [0, 0.05) is 0 Å². The summed E-state index contributed by atoms with van der Waals surface area (Å²) >= 11 is 0. The molecule has 1 rings (SSSR count). The van der Waals surface area contributed by atoms with E-state index in [0.29, 0.717) is 18.0 Å². The zero-order valence-corrected chi connectivity index (χ0v) is 11.9. The second-order valence-corrected chi connectivity index (χ2v) is 5.01. The van der Waals surface area contributed by atoms with Crippen molar-refractivity contribution in [2.24, 2.45) is 5.73 Å². The molecule has 0 heterocycles.